The molecule has 86 valence electrons. The number of benzene rings is 1. The SMILES string of the molecule is CCc1cccc([C@H]2[C@H](C(=O)O)C2(C)C)c1. The topological polar surface area (TPSA) is 37.3 Å². The summed E-state index contributed by atoms with van der Waals surface area (Å²) in [5.41, 5.74) is 2.36. The summed E-state index contributed by atoms with van der Waals surface area (Å²) >= 11 is 0. The van der Waals surface area contributed by atoms with Crippen LogP contribution in [0.3, 0.4) is 0 Å². The number of aliphatic carboxylic acids is 1. The van der Waals surface area contributed by atoms with E-state index in [0.717, 1.165) is 6.42 Å². The molecule has 0 spiro atoms. The third-order valence-corrected chi connectivity index (χ3v) is 3.81. The third-order valence-electron chi connectivity index (χ3n) is 3.81. The summed E-state index contributed by atoms with van der Waals surface area (Å²) in [7, 11) is 0. The minimum Gasteiger partial charge on any atom is -0.481 e. The van der Waals surface area contributed by atoms with Crippen molar-refractivity contribution in [2.45, 2.75) is 33.1 Å². The van der Waals surface area contributed by atoms with Gasteiger partial charge >= 0.3 is 5.97 Å². The van der Waals surface area contributed by atoms with Gasteiger partial charge in [-0.15, -0.1) is 0 Å². The van der Waals surface area contributed by atoms with Gasteiger partial charge in [0.1, 0.15) is 0 Å². The molecule has 0 aliphatic heterocycles. The fourth-order valence-electron chi connectivity index (χ4n) is 2.73. The van der Waals surface area contributed by atoms with Crippen LogP contribution in [0.2, 0.25) is 0 Å². The lowest BCUT2D eigenvalue weighted by Gasteiger charge is -2.04. The van der Waals surface area contributed by atoms with Crippen molar-refractivity contribution in [2.24, 2.45) is 11.3 Å². The Morgan fingerprint density at radius 1 is 1.44 bits per heavy atom. The maximum atomic E-state index is 11.1. The molecule has 0 bridgehead atoms. The second kappa shape index (κ2) is 3.62. The van der Waals surface area contributed by atoms with Gasteiger partial charge in [-0.05, 0) is 23.0 Å². The normalized spacial score (nSPS) is 26.4. The Bertz CT molecular complexity index is 420. The number of carboxylic acids is 1. The lowest BCUT2D eigenvalue weighted by Crippen LogP contribution is -2.03. The maximum absolute atomic E-state index is 11.1. The molecule has 2 atom stereocenters. The van der Waals surface area contributed by atoms with Crippen LogP contribution < -0.4 is 0 Å². The molecule has 1 saturated carbocycles. The van der Waals surface area contributed by atoms with Gasteiger partial charge in [-0.1, -0.05) is 45.0 Å². The first-order chi connectivity index (χ1) is 7.48. The van der Waals surface area contributed by atoms with E-state index in [0.29, 0.717) is 0 Å². The number of carboxylic acid groups (broad SMARTS) is 1. The van der Waals surface area contributed by atoms with E-state index in [1.807, 2.05) is 19.9 Å². The van der Waals surface area contributed by atoms with Crippen LogP contribution >= 0.6 is 0 Å². The average molecular weight is 218 g/mol. The Hall–Kier alpha value is -1.31. The molecular formula is C14H18O2. The summed E-state index contributed by atoms with van der Waals surface area (Å²) in [5, 5.41) is 9.15. The molecule has 1 aliphatic rings. The van der Waals surface area contributed by atoms with Gasteiger partial charge in [-0.2, -0.15) is 0 Å². The smallest absolute Gasteiger partial charge is 0.307 e. The summed E-state index contributed by atoms with van der Waals surface area (Å²) < 4.78 is 0. The molecule has 0 amide bonds. The van der Waals surface area contributed by atoms with E-state index < -0.39 is 5.97 Å². The number of hydrogen-bond acceptors (Lipinski definition) is 1. The minimum absolute atomic E-state index is 0.0990. The predicted octanol–water partition coefficient (Wildman–Crippen LogP) is 3.07. The van der Waals surface area contributed by atoms with Crippen molar-refractivity contribution in [3.63, 3.8) is 0 Å². The zero-order valence-electron chi connectivity index (χ0n) is 10.0. The predicted molar refractivity (Wildman–Crippen MR) is 63.5 cm³/mol. The molecule has 0 unspecified atom stereocenters. The highest BCUT2D eigenvalue weighted by atomic mass is 16.4. The van der Waals surface area contributed by atoms with Crippen molar-refractivity contribution < 1.29 is 9.90 Å². The van der Waals surface area contributed by atoms with Crippen LogP contribution in [0.4, 0.5) is 0 Å². The van der Waals surface area contributed by atoms with Gasteiger partial charge < -0.3 is 5.11 Å². The third kappa shape index (κ3) is 1.62. The van der Waals surface area contributed by atoms with Gasteiger partial charge in [0.2, 0.25) is 0 Å². The molecule has 2 rings (SSSR count). The Labute approximate surface area is 96.3 Å². The standard InChI is InChI=1S/C14H18O2/c1-4-9-6-5-7-10(8-9)11-12(13(15)16)14(11,2)3/h5-8,11-12H,4H2,1-3H3,(H,15,16)/t11-,12+/m0/s1. The van der Waals surface area contributed by atoms with Crippen LogP contribution in [0.15, 0.2) is 24.3 Å². The Morgan fingerprint density at radius 2 is 2.12 bits per heavy atom. The molecule has 1 fully saturated rings. The monoisotopic (exact) mass is 218 g/mol. The molecule has 0 heterocycles. The zero-order valence-corrected chi connectivity index (χ0v) is 10.0. The highest BCUT2D eigenvalue weighted by molar-refractivity contribution is 5.77. The fraction of sp³-hybridized carbons (Fsp3) is 0.500. The molecule has 0 aromatic heterocycles. The second-order valence-electron chi connectivity index (χ2n) is 5.21. The van der Waals surface area contributed by atoms with Crippen molar-refractivity contribution >= 4 is 5.97 Å². The van der Waals surface area contributed by atoms with Gasteiger partial charge in [0.15, 0.2) is 0 Å². The van der Waals surface area contributed by atoms with E-state index in [9.17, 15) is 4.79 Å². The Morgan fingerprint density at radius 3 is 2.62 bits per heavy atom. The van der Waals surface area contributed by atoms with E-state index in [-0.39, 0.29) is 17.3 Å². The molecule has 1 aliphatic carbocycles. The van der Waals surface area contributed by atoms with Crippen LogP contribution in [0.25, 0.3) is 0 Å². The minimum atomic E-state index is -0.670. The van der Waals surface area contributed by atoms with E-state index in [1.165, 1.54) is 11.1 Å². The molecular weight excluding hydrogens is 200 g/mol. The van der Waals surface area contributed by atoms with Gasteiger partial charge in [0, 0.05) is 5.92 Å². The summed E-state index contributed by atoms with van der Waals surface area (Å²) in [6, 6.07) is 8.32. The van der Waals surface area contributed by atoms with Gasteiger partial charge in [0.25, 0.3) is 0 Å². The van der Waals surface area contributed by atoms with E-state index in [1.54, 1.807) is 0 Å². The van der Waals surface area contributed by atoms with Crippen LogP contribution in [0.1, 0.15) is 37.8 Å². The van der Waals surface area contributed by atoms with Crippen molar-refractivity contribution in [2.75, 3.05) is 0 Å². The van der Waals surface area contributed by atoms with Gasteiger partial charge in [0.05, 0.1) is 5.92 Å². The number of hydrogen-bond donors (Lipinski definition) is 1. The summed E-state index contributed by atoms with van der Waals surface area (Å²) in [5.74, 6) is -0.715. The number of carbonyl (C=O) groups is 1. The summed E-state index contributed by atoms with van der Waals surface area (Å²) in [4.78, 5) is 11.1. The fourth-order valence-corrected chi connectivity index (χ4v) is 2.73. The zero-order chi connectivity index (χ0) is 11.9. The average Bonchev–Trinajstić information content (AvgIpc) is 2.82. The quantitative estimate of drug-likeness (QED) is 0.846. The molecule has 1 N–H and O–H groups in total. The van der Waals surface area contributed by atoms with Crippen LogP contribution in [-0.4, -0.2) is 11.1 Å². The van der Waals surface area contributed by atoms with Gasteiger partial charge in [-0.25, -0.2) is 0 Å². The lowest BCUT2D eigenvalue weighted by molar-refractivity contribution is -0.139. The number of rotatable bonds is 3. The molecule has 2 nitrogen and oxygen atoms in total. The highest BCUT2D eigenvalue weighted by Gasteiger charge is 2.62. The van der Waals surface area contributed by atoms with Crippen molar-refractivity contribution in [1.82, 2.24) is 0 Å². The van der Waals surface area contributed by atoms with Crippen LogP contribution in [0.5, 0.6) is 0 Å². The first-order valence-electron chi connectivity index (χ1n) is 5.80. The largest absolute Gasteiger partial charge is 0.481 e. The van der Waals surface area contributed by atoms with Crippen LogP contribution in [-0.2, 0) is 11.2 Å². The first-order valence-corrected chi connectivity index (χ1v) is 5.80. The lowest BCUT2D eigenvalue weighted by atomic mass is 10.0. The van der Waals surface area contributed by atoms with Crippen molar-refractivity contribution in [1.29, 1.82) is 0 Å². The van der Waals surface area contributed by atoms with E-state index >= 15 is 0 Å². The number of aryl methyl sites for hydroxylation is 1. The van der Waals surface area contributed by atoms with Crippen molar-refractivity contribution in [3.8, 4) is 0 Å². The second-order valence-corrected chi connectivity index (χ2v) is 5.21. The van der Waals surface area contributed by atoms with E-state index in [4.69, 9.17) is 5.11 Å². The molecule has 1 aromatic rings. The molecule has 2 heteroatoms. The van der Waals surface area contributed by atoms with Crippen molar-refractivity contribution in [3.05, 3.63) is 35.4 Å². The first kappa shape index (κ1) is 11.2. The van der Waals surface area contributed by atoms with Gasteiger partial charge in [-0.3, -0.25) is 4.79 Å². The summed E-state index contributed by atoms with van der Waals surface area (Å²) in [6.07, 6.45) is 0.999. The van der Waals surface area contributed by atoms with Crippen LogP contribution in [0, 0.1) is 11.3 Å². The maximum Gasteiger partial charge on any atom is 0.307 e. The highest BCUT2D eigenvalue weighted by Crippen LogP contribution is 2.64. The van der Waals surface area contributed by atoms with E-state index in [2.05, 4.69) is 25.1 Å². The Balaban J connectivity index is 2.29. The molecule has 0 saturated heterocycles. The Kier molecular flexibility index (Phi) is 2.53. The molecule has 0 radical (unpaired) electrons. The summed E-state index contributed by atoms with van der Waals surface area (Å²) in [6.45, 7) is 6.19. The molecule has 1 aromatic carbocycles. The molecule has 16 heavy (non-hydrogen) atoms.